The van der Waals surface area contributed by atoms with Gasteiger partial charge in [0, 0.05) is 17.8 Å². The molecule has 10 heteroatoms. The predicted octanol–water partition coefficient (Wildman–Crippen LogP) is 3.97. The Morgan fingerprint density at radius 3 is 2.64 bits per heavy atom. The van der Waals surface area contributed by atoms with Gasteiger partial charge in [0.15, 0.2) is 22.8 Å². The zero-order valence-corrected chi connectivity index (χ0v) is 13.9. The molecule has 0 spiro atoms. The zero-order chi connectivity index (χ0) is 19.9. The number of halogens is 3. The van der Waals surface area contributed by atoms with Crippen LogP contribution in [0.15, 0.2) is 59.2 Å². The first-order chi connectivity index (χ1) is 13.3. The third-order valence-corrected chi connectivity index (χ3v) is 3.83. The number of nitrogens with zero attached hydrogens (tertiary/aromatic N) is 3. The average molecular weight is 388 g/mol. The Labute approximate surface area is 155 Å². The molecular formula is C18H11F3N4O3. The van der Waals surface area contributed by atoms with Crippen LogP contribution in [0.1, 0.15) is 16.2 Å². The number of carbonyl (C=O) groups is 1. The SMILES string of the molecule is O=C(Nc1cccc(O)c1)c1cc2nc(-c3ccco3)cc(C(F)(F)F)n2n1. The molecule has 4 aromatic rings. The number of aromatic nitrogens is 3. The van der Waals surface area contributed by atoms with Crippen LogP contribution in [-0.2, 0) is 6.18 Å². The lowest BCUT2D eigenvalue weighted by Gasteiger charge is -2.09. The lowest BCUT2D eigenvalue weighted by atomic mass is 10.2. The fourth-order valence-electron chi connectivity index (χ4n) is 2.62. The highest BCUT2D eigenvalue weighted by Crippen LogP contribution is 2.32. The Morgan fingerprint density at radius 1 is 1.14 bits per heavy atom. The Balaban J connectivity index is 1.78. The minimum atomic E-state index is -4.73. The number of amides is 1. The number of nitrogens with one attached hydrogen (secondary N) is 1. The van der Waals surface area contributed by atoms with Crippen molar-refractivity contribution in [3.8, 4) is 17.2 Å². The monoisotopic (exact) mass is 388 g/mol. The highest BCUT2D eigenvalue weighted by atomic mass is 19.4. The summed E-state index contributed by atoms with van der Waals surface area (Å²) in [5, 5.41) is 15.7. The minimum absolute atomic E-state index is 0.0373. The Hall–Kier alpha value is -3.82. The van der Waals surface area contributed by atoms with Crippen molar-refractivity contribution in [2.24, 2.45) is 0 Å². The highest BCUT2D eigenvalue weighted by Gasteiger charge is 2.36. The van der Waals surface area contributed by atoms with Crippen molar-refractivity contribution in [3.05, 3.63) is 66.2 Å². The molecule has 4 rings (SSSR count). The number of anilines is 1. The van der Waals surface area contributed by atoms with Gasteiger partial charge in [-0.25, -0.2) is 9.50 Å². The Bertz CT molecular complexity index is 1170. The van der Waals surface area contributed by atoms with Crippen LogP contribution in [0.4, 0.5) is 18.9 Å². The maximum atomic E-state index is 13.5. The summed E-state index contributed by atoms with van der Waals surface area (Å²) in [6, 6.07) is 10.7. The number of rotatable bonds is 3. The number of phenols is 1. The van der Waals surface area contributed by atoms with E-state index in [1.807, 2.05) is 0 Å². The highest BCUT2D eigenvalue weighted by molar-refractivity contribution is 6.03. The molecule has 1 amide bonds. The number of hydrogen-bond donors (Lipinski definition) is 2. The predicted molar refractivity (Wildman–Crippen MR) is 91.8 cm³/mol. The lowest BCUT2D eigenvalue weighted by molar-refractivity contribution is -0.142. The summed E-state index contributed by atoms with van der Waals surface area (Å²) in [6.45, 7) is 0. The van der Waals surface area contributed by atoms with E-state index in [1.54, 1.807) is 0 Å². The van der Waals surface area contributed by atoms with Crippen LogP contribution in [0.2, 0.25) is 0 Å². The van der Waals surface area contributed by atoms with Crippen LogP contribution in [0.5, 0.6) is 5.75 Å². The van der Waals surface area contributed by atoms with Crippen molar-refractivity contribution in [2.75, 3.05) is 5.32 Å². The van der Waals surface area contributed by atoms with Gasteiger partial charge in [-0.15, -0.1) is 0 Å². The molecule has 0 aliphatic carbocycles. The molecule has 0 unspecified atom stereocenters. The van der Waals surface area contributed by atoms with E-state index in [2.05, 4.69) is 15.4 Å². The number of aromatic hydroxyl groups is 1. The number of fused-ring (bicyclic) bond motifs is 1. The van der Waals surface area contributed by atoms with Crippen molar-refractivity contribution in [1.82, 2.24) is 14.6 Å². The van der Waals surface area contributed by atoms with Gasteiger partial charge < -0.3 is 14.8 Å². The van der Waals surface area contributed by atoms with E-state index in [0.29, 0.717) is 4.52 Å². The first kappa shape index (κ1) is 17.6. The summed E-state index contributed by atoms with van der Waals surface area (Å²) in [7, 11) is 0. The number of phenolic OH excluding ortho intramolecular Hbond substituents is 1. The summed E-state index contributed by atoms with van der Waals surface area (Å²) in [5.74, 6) is -0.666. The number of alkyl halides is 3. The second kappa shape index (κ2) is 6.41. The van der Waals surface area contributed by atoms with E-state index in [0.717, 1.165) is 12.1 Å². The molecule has 0 aliphatic heterocycles. The summed E-state index contributed by atoms with van der Waals surface area (Å²) >= 11 is 0. The molecule has 7 nitrogen and oxygen atoms in total. The van der Waals surface area contributed by atoms with Crippen molar-refractivity contribution >= 4 is 17.2 Å². The van der Waals surface area contributed by atoms with Crippen LogP contribution in [0.25, 0.3) is 17.1 Å². The molecule has 0 atom stereocenters. The van der Waals surface area contributed by atoms with E-state index in [-0.39, 0.29) is 34.2 Å². The molecule has 0 fully saturated rings. The molecule has 0 saturated carbocycles. The Kier molecular flexibility index (Phi) is 4.03. The van der Waals surface area contributed by atoms with E-state index >= 15 is 0 Å². The van der Waals surface area contributed by atoms with E-state index in [4.69, 9.17) is 4.42 Å². The van der Waals surface area contributed by atoms with E-state index in [9.17, 15) is 23.1 Å². The topological polar surface area (TPSA) is 92.7 Å². The fraction of sp³-hybridized carbons (Fsp3) is 0.0556. The van der Waals surface area contributed by atoms with E-state index < -0.39 is 17.8 Å². The van der Waals surface area contributed by atoms with Crippen molar-refractivity contribution < 1.29 is 27.5 Å². The normalized spacial score (nSPS) is 11.7. The molecule has 2 N–H and O–H groups in total. The first-order valence-corrected chi connectivity index (χ1v) is 7.93. The molecule has 0 radical (unpaired) electrons. The van der Waals surface area contributed by atoms with Crippen LogP contribution >= 0.6 is 0 Å². The molecule has 3 aromatic heterocycles. The smallest absolute Gasteiger partial charge is 0.433 e. The molecule has 28 heavy (non-hydrogen) atoms. The van der Waals surface area contributed by atoms with Gasteiger partial charge in [0.25, 0.3) is 5.91 Å². The van der Waals surface area contributed by atoms with Gasteiger partial charge in [-0.05, 0) is 30.3 Å². The average Bonchev–Trinajstić information content (AvgIpc) is 3.29. The van der Waals surface area contributed by atoms with E-state index in [1.165, 1.54) is 42.7 Å². The van der Waals surface area contributed by atoms with Gasteiger partial charge in [-0.2, -0.15) is 18.3 Å². The number of carbonyl (C=O) groups excluding carboxylic acids is 1. The van der Waals surface area contributed by atoms with Crippen LogP contribution < -0.4 is 5.32 Å². The minimum Gasteiger partial charge on any atom is -0.508 e. The third-order valence-electron chi connectivity index (χ3n) is 3.83. The molecule has 1 aromatic carbocycles. The maximum Gasteiger partial charge on any atom is 0.433 e. The van der Waals surface area contributed by atoms with Crippen LogP contribution in [0.3, 0.4) is 0 Å². The van der Waals surface area contributed by atoms with Gasteiger partial charge in [-0.3, -0.25) is 4.79 Å². The number of benzene rings is 1. The van der Waals surface area contributed by atoms with Crippen molar-refractivity contribution in [1.29, 1.82) is 0 Å². The van der Waals surface area contributed by atoms with Gasteiger partial charge >= 0.3 is 6.18 Å². The van der Waals surface area contributed by atoms with Crippen LogP contribution in [0, 0.1) is 0 Å². The van der Waals surface area contributed by atoms with Crippen molar-refractivity contribution in [3.63, 3.8) is 0 Å². The lowest BCUT2D eigenvalue weighted by Crippen LogP contribution is -2.15. The first-order valence-electron chi connectivity index (χ1n) is 7.93. The number of hydrogen-bond acceptors (Lipinski definition) is 5. The molecule has 142 valence electrons. The summed E-state index contributed by atoms with van der Waals surface area (Å²) in [4.78, 5) is 16.5. The summed E-state index contributed by atoms with van der Waals surface area (Å²) in [6.07, 6.45) is -3.41. The molecular weight excluding hydrogens is 377 g/mol. The third kappa shape index (κ3) is 3.27. The summed E-state index contributed by atoms with van der Waals surface area (Å²) < 4.78 is 46.2. The Morgan fingerprint density at radius 2 is 1.96 bits per heavy atom. The number of furan rings is 1. The standard InChI is InChI=1S/C18H11F3N4O3/c19-18(20,21)15-8-12(14-5-2-6-28-14)23-16-9-13(24-25(15)16)17(27)22-10-3-1-4-11(26)7-10/h1-9,26H,(H,22,27). The summed E-state index contributed by atoms with van der Waals surface area (Å²) in [5.41, 5.74) is -1.30. The molecule has 0 saturated heterocycles. The van der Waals surface area contributed by atoms with Gasteiger partial charge in [0.05, 0.1) is 6.26 Å². The van der Waals surface area contributed by atoms with Gasteiger partial charge in [0.1, 0.15) is 11.4 Å². The fourth-order valence-corrected chi connectivity index (χ4v) is 2.62. The van der Waals surface area contributed by atoms with Crippen LogP contribution in [-0.4, -0.2) is 25.6 Å². The van der Waals surface area contributed by atoms with Gasteiger partial charge in [0.2, 0.25) is 0 Å². The zero-order valence-electron chi connectivity index (χ0n) is 13.9. The molecule has 3 heterocycles. The quantitative estimate of drug-likeness (QED) is 0.554. The molecule has 0 bridgehead atoms. The second-order valence-corrected chi connectivity index (χ2v) is 5.81. The van der Waals surface area contributed by atoms with Crippen molar-refractivity contribution in [2.45, 2.75) is 6.18 Å². The molecule has 0 aliphatic rings. The largest absolute Gasteiger partial charge is 0.508 e. The maximum absolute atomic E-state index is 13.5. The second-order valence-electron chi connectivity index (χ2n) is 5.81. The van der Waals surface area contributed by atoms with Gasteiger partial charge in [-0.1, -0.05) is 6.07 Å².